The molecular weight excluding hydrogens is 162 g/mol. The van der Waals surface area contributed by atoms with Gasteiger partial charge in [-0.1, -0.05) is 32.6 Å². The Kier molecular flexibility index (Phi) is 6.80. The largest absolute Gasteiger partial charge is 0.315 e. The van der Waals surface area contributed by atoms with Crippen molar-refractivity contribution in [3.05, 3.63) is 0 Å². The molecule has 4 heteroatoms. The molecule has 0 bridgehead atoms. The van der Waals surface area contributed by atoms with Crippen LogP contribution in [0.25, 0.3) is 0 Å². The predicted molar refractivity (Wildman–Crippen MR) is 47.5 cm³/mol. The van der Waals surface area contributed by atoms with Gasteiger partial charge in [-0.3, -0.25) is 0 Å². The van der Waals surface area contributed by atoms with Crippen molar-refractivity contribution in [2.45, 2.75) is 44.4 Å². The molecule has 0 fully saturated rings. The molecule has 2 unspecified atom stereocenters. The van der Waals surface area contributed by atoms with Crippen LogP contribution in [0.2, 0.25) is 0 Å². The molecule has 0 radical (unpaired) electrons. The molecule has 0 saturated carbocycles. The molecule has 68 valence electrons. The van der Waals surface area contributed by atoms with Gasteiger partial charge < -0.3 is 10.3 Å². The summed E-state index contributed by atoms with van der Waals surface area (Å²) in [5.41, 5.74) is 5.35. The van der Waals surface area contributed by atoms with Gasteiger partial charge in [-0.15, -0.1) is 0 Å². The molecule has 0 aromatic rings. The van der Waals surface area contributed by atoms with Gasteiger partial charge in [-0.2, -0.15) is 0 Å². The molecule has 2 atom stereocenters. The maximum atomic E-state index is 10.3. The van der Waals surface area contributed by atoms with Crippen LogP contribution < -0.4 is 5.73 Å². The normalized spacial score (nSPS) is 16.3. The van der Waals surface area contributed by atoms with Crippen LogP contribution in [0.5, 0.6) is 0 Å². The third-order valence-corrected chi connectivity index (χ3v) is 2.35. The second-order valence-corrected chi connectivity index (χ2v) is 3.82. The highest BCUT2D eigenvalue weighted by Crippen LogP contribution is 2.05. The molecule has 0 aromatic carbocycles. The maximum Gasteiger partial charge on any atom is 0.170 e. The molecule has 0 heterocycles. The summed E-state index contributed by atoms with van der Waals surface area (Å²) in [4.78, 5) is 0. The van der Waals surface area contributed by atoms with E-state index in [-0.39, 0.29) is 0 Å². The number of rotatable bonds is 6. The molecule has 0 aliphatic heterocycles. The first kappa shape index (κ1) is 11.1. The molecule has 11 heavy (non-hydrogen) atoms. The van der Waals surface area contributed by atoms with Crippen LogP contribution in [0.1, 0.15) is 39.0 Å². The molecule has 3 nitrogen and oxygen atoms in total. The van der Waals surface area contributed by atoms with E-state index in [0.717, 1.165) is 12.8 Å². The van der Waals surface area contributed by atoms with Gasteiger partial charge in [0, 0.05) is 0 Å². The quantitative estimate of drug-likeness (QED) is 0.479. The standard InChI is InChI=1S/C7H17NO2S/c1-2-3-4-5-6-7(8)11(9)10/h7H,2-6,8H2,1H3,(H,9,10). The van der Waals surface area contributed by atoms with Gasteiger partial charge in [-0.25, -0.2) is 4.21 Å². The fraction of sp³-hybridized carbons (Fsp3) is 1.00. The lowest BCUT2D eigenvalue weighted by molar-refractivity contribution is 0.531. The van der Waals surface area contributed by atoms with Gasteiger partial charge >= 0.3 is 0 Å². The van der Waals surface area contributed by atoms with E-state index in [1.54, 1.807) is 0 Å². The lowest BCUT2D eigenvalue weighted by atomic mass is 10.1. The third-order valence-electron chi connectivity index (χ3n) is 1.60. The summed E-state index contributed by atoms with van der Waals surface area (Å²) < 4.78 is 18.9. The Balaban J connectivity index is 3.17. The molecule has 0 spiro atoms. The fourth-order valence-corrected chi connectivity index (χ4v) is 1.24. The Bertz CT molecular complexity index is 119. The second kappa shape index (κ2) is 6.76. The van der Waals surface area contributed by atoms with Gasteiger partial charge in [0.05, 0.1) is 0 Å². The monoisotopic (exact) mass is 179 g/mol. The molecule has 0 saturated heterocycles. The van der Waals surface area contributed by atoms with Crippen LogP contribution in [0.4, 0.5) is 0 Å². The Hall–Kier alpha value is 0.0700. The summed E-state index contributed by atoms with van der Waals surface area (Å²) in [6.45, 7) is 2.13. The summed E-state index contributed by atoms with van der Waals surface area (Å²) in [6, 6.07) is 0. The van der Waals surface area contributed by atoms with E-state index in [1.165, 1.54) is 12.8 Å². The van der Waals surface area contributed by atoms with Crippen molar-refractivity contribution in [3.8, 4) is 0 Å². The van der Waals surface area contributed by atoms with Crippen LogP contribution >= 0.6 is 0 Å². The molecule has 0 rings (SSSR count). The lowest BCUT2D eigenvalue weighted by Gasteiger charge is -2.05. The van der Waals surface area contributed by atoms with Gasteiger partial charge in [0.15, 0.2) is 11.1 Å². The zero-order valence-corrected chi connectivity index (χ0v) is 7.77. The summed E-state index contributed by atoms with van der Waals surface area (Å²) in [5.74, 6) is 0. The Morgan fingerprint density at radius 2 is 2.09 bits per heavy atom. The minimum Gasteiger partial charge on any atom is -0.315 e. The van der Waals surface area contributed by atoms with Crippen molar-refractivity contribution in [3.63, 3.8) is 0 Å². The van der Waals surface area contributed by atoms with Gasteiger partial charge in [-0.05, 0) is 6.42 Å². The molecule has 0 aliphatic carbocycles. The van der Waals surface area contributed by atoms with Gasteiger partial charge in [0.1, 0.15) is 5.37 Å². The first-order chi connectivity index (χ1) is 5.18. The van der Waals surface area contributed by atoms with E-state index >= 15 is 0 Å². The highest BCUT2D eigenvalue weighted by atomic mass is 32.2. The van der Waals surface area contributed by atoms with Crippen LogP contribution in [0.15, 0.2) is 0 Å². The molecular formula is C7H17NO2S. The summed E-state index contributed by atoms with van der Waals surface area (Å²) in [7, 11) is 0. The van der Waals surface area contributed by atoms with Crippen molar-refractivity contribution in [1.82, 2.24) is 0 Å². The van der Waals surface area contributed by atoms with Crippen molar-refractivity contribution in [2.75, 3.05) is 0 Å². The second-order valence-electron chi connectivity index (χ2n) is 2.66. The Morgan fingerprint density at radius 3 is 2.55 bits per heavy atom. The zero-order valence-electron chi connectivity index (χ0n) is 6.95. The van der Waals surface area contributed by atoms with Crippen LogP contribution in [0, 0.1) is 0 Å². The topological polar surface area (TPSA) is 63.3 Å². The number of nitrogens with two attached hydrogens (primary N) is 1. The van der Waals surface area contributed by atoms with Gasteiger partial charge in [0.25, 0.3) is 0 Å². The van der Waals surface area contributed by atoms with Crippen molar-refractivity contribution >= 4 is 11.1 Å². The minimum atomic E-state index is -1.84. The lowest BCUT2D eigenvalue weighted by Crippen LogP contribution is -2.24. The first-order valence-electron chi connectivity index (χ1n) is 4.03. The molecule has 0 aromatic heterocycles. The van der Waals surface area contributed by atoms with Crippen molar-refractivity contribution in [1.29, 1.82) is 0 Å². The summed E-state index contributed by atoms with van der Waals surface area (Å²) in [5, 5.41) is -0.549. The zero-order chi connectivity index (χ0) is 8.69. The number of hydrogen-bond donors (Lipinski definition) is 2. The smallest absolute Gasteiger partial charge is 0.170 e. The van der Waals surface area contributed by atoms with E-state index in [2.05, 4.69) is 6.92 Å². The molecule has 0 aliphatic rings. The average molecular weight is 179 g/mol. The fourth-order valence-electron chi connectivity index (χ4n) is 0.873. The van der Waals surface area contributed by atoms with Crippen molar-refractivity contribution < 1.29 is 8.76 Å². The molecule has 3 N–H and O–H groups in total. The Morgan fingerprint density at radius 1 is 1.45 bits per heavy atom. The van der Waals surface area contributed by atoms with Crippen molar-refractivity contribution in [2.24, 2.45) is 5.73 Å². The third kappa shape index (κ3) is 6.47. The Labute approximate surface area is 70.6 Å². The van der Waals surface area contributed by atoms with Gasteiger partial charge in [0.2, 0.25) is 0 Å². The molecule has 0 amide bonds. The predicted octanol–water partition coefficient (Wildman–Crippen LogP) is 1.46. The maximum absolute atomic E-state index is 10.3. The average Bonchev–Trinajstić information content (AvgIpc) is 1.97. The SMILES string of the molecule is CCCCCCC(N)S(=O)O. The van der Waals surface area contributed by atoms with Crippen LogP contribution in [-0.4, -0.2) is 14.1 Å². The summed E-state index contributed by atoms with van der Waals surface area (Å²) in [6.07, 6.45) is 5.09. The van der Waals surface area contributed by atoms with E-state index < -0.39 is 16.5 Å². The minimum absolute atomic E-state index is 0.549. The highest BCUT2D eigenvalue weighted by Gasteiger charge is 2.06. The van der Waals surface area contributed by atoms with E-state index in [4.69, 9.17) is 10.3 Å². The van der Waals surface area contributed by atoms with E-state index in [9.17, 15) is 4.21 Å². The first-order valence-corrected chi connectivity index (χ1v) is 5.20. The summed E-state index contributed by atoms with van der Waals surface area (Å²) >= 11 is -1.84. The number of hydrogen-bond acceptors (Lipinski definition) is 2. The van der Waals surface area contributed by atoms with E-state index in [0.29, 0.717) is 6.42 Å². The highest BCUT2D eigenvalue weighted by molar-refractivity contribution is 7.79. The number of unbranched alkanes of at least 4 members (excludes halogenated alkanes) is 3. The van der Waals surface area contributed by atoms with Crippen LogP contribution in [-0.2, 0) is 11.1 Å². The van der Waals surface area contributed by atoms with E-state index in [1.807, 2.05) is 0 Å². The van der Waals surface area contributed by atoms with Crippen LogP contribution in [0.3, 0.4) is 0 Å².